The van der Waals surface area contributed by atoms with Gasteiger partial charge in [0.2, 0.25) is 0 Å². The molecule has 0 aromatic heterocycles. The quantitative estimate of drug-likeness (QED) is 0.777. The summed E-state index contributed by atoms with van der Waals surface area (Å²) < 4.78 is 27.4. The fourth-order valence-corrected chi connectivity index (χ4v) is 4.31. The molecule has 3 aliphatic rings. The molecule has 0 bridgehead atoms. The minimum absolute atomic E-state index is 0.322. The number of amidine groups is 1. The monoisotopic (exact) mass is 292 g/mol. The van der Waals surface area contributed by atoms with Crippen molar-refractivity contribution in [2.24, 2.45) is 4.99 Å². The van der Waals surface area contributed by atoms with Gasteiger partial charge in [-0.1, -0.05) is 24.6 Å². The molecular weight excluding hydrogens is 278 g/mol. The molecule has 0 amide bonds. The van der Waals surface area contributed by atoms with Crippen LogP contribution < -0.4 is 0 Å². The van der Waals surface area contributed by atoms with E-state index in [4.69, 9.17) is 4.99 Å². The fourth-order valence-electron chi connectivity index (χ4n) is 3.31. The summed E-state index contributed by atoms with van der Waals surface area (Å²) in [5.74, 6) is -0.782. The van der Waals surface area contributed by atoms with Crippen molar-refractivity contribution in [3.63, 3.8) is 0 Å². The topological polar surface area (TPSA) is 15.6 Å². The molecule has 1 saturated carbocycles. The van der Waals surface area contributed by atoms with Crippen LogP contribution in [0.4, 0.5) is 8.78 Å². The summed E-state index contributed by atoms with van der Waals surface area (Å²) in [5, 5.41) is 2.84. The molecule has 1 aliphatic carbocycles. The van der Waals surface area contributed by atoms with Gasteiger partial charge in [0.25, 0.3) is 0 Å². The lowest BCUT2D eigenvalue weighted by molar-refractivity contribution is 0.305. The Bertz CT molecular complexity index is 626. The molecule has 0 radical (unpaired) electrons. The van der Waals surface area contributed by atoms with Crippen LogP contribution >= 0.6 is 11.8 Å². The minimum Gasteiger partial charge on any atom is -0.315 e. The molecule has 2 heterocycles. The molecule has 4 rings (SSSR count). The van der Waals surface area contributed by atoms with Gasteiger partial charge in [-0.3, -0.25) is 4.99 Å². The molecule has 0 saturated heterocycles. The maximum atomic E-state index is 14.0. The van der Waals surface area contributed by atoms with Gasteiger partial charge in [-0.2, -0.15) is 0 Å². The van der Waals surface area contributed by atoms with Crippen LogP contribution in [0, 0.1) is 11.6 Å². The van der Waals surface area contributed by atoms with Crippen molar-refractivity contribution in [1.29, 1.82) is 0 Å². The van der Waals surface area contributed by atoms with E-state index < -0.39 is 5.82 Å². The lowest BCUT2D eigenvalue weighted by Gasteiger charge is -2.32. The van der Waals surface area contributed by atoms with E-state index in [0.717, 1.165) is 29.8 Å². The highest BCUT2D eigenvalue weighted by atomic mass is 32.2. The second-order valence-electron chi connectivity index (χ2n) is 5.45. The van der Waals surface area contributed by atoms with Crippen LogP contribution in [-0.2, 0) is 0 Å². The average molecular weight is 292 g/mol. The van der Waals surface area contributed by atoms with Crippen molar-refractivity contribution < 1.29 is 8.78 Å². The molecule has 0 unspecified atom stereocenters. The highest BCUT2D eigenvalue weighted by molar-refractivity contribution is 8.16. The lowest BCUT2D eigenvalue weighted by Crippen LogP contribution is -2.38. The van der Waals surface area contributed by atoms with Gasteiger partial charge in [-0.15, -0.1) is 0 Å². The molecular formula is C15H14F2N2S. The van der Waals surface area contributed by atoms with Gasteiger partial charge in [0.15, 0.2) is 5.17 Å². The number of nitrogens with zero attached hydrogens (tertiary/aromatic N) is 2. The molecule has 1 aromatic carbocycles. The Morgan fingerprint density at radius 3 is 2.95 bits per heavy atom. The highest BCUT2D eigenvalue weighted by Gasteiger charge is 2.42. The number of rotatable bonds is 1. The van der Waals surface area contributed by atoms with Gasteiger partial charge >= 0.3 is 0 Å². The summed E-state index contributed by atoms with van der Waals surface area (Å²) in [5.41, 5.74) is 1.11. The first-order chi connectivity index (χ1) is 9.74. The van der Waals surface area contributed by atoms with Crippen molar-refractivity contribution in [1.82, 2.24) is 4.90 Å². The van der Waals surface area contributed by atoms with E-state index in [1.165, 1.54) is 36.7 Å². The Morgan fingerprint density at radius 1 is 1.20 bits per heavy atom. The van der Waals surface area contributed by atoms with Gasteiger partial charge < -0.3 is 4.90 Å². The number of benzene rings is 1. The van der Waals surface area contributed by atoms with Crippen molar-refractivity contribution in [3.8, 4) is 0 Å². The summed E-state index contributed by atoms with van der Waals surface area (Å²) in [4.78, 5) is 6.85. The molecule has 1 fully saturated rings. The first-order valence-corrected chi connectivity index (χ1v) is 7.81. The van der Waals surface area contributed by atoms with Crippen LogP contribution in [0.3, 0.4) is 0 Å². The number of aliphatic imine (C=N–C) groups is 1. The van der Waals surface area contributed by atoms with Gasteiger partial charge in [-0.05, 0) is 31.0 Å². The maximum Gasteiger partial charge on any atom is 0.168 e. The van der Waals surface area contributed by atoms with Crippen LogP contribution in [0.1, 0.15) is 31.2 Å². The van der Waals surface area contributed by atoms with E-state index in [2.05, 4.69) is 4.90 Å². The maximum absolute atomic E-state index is 14.0. The Kier molecular flexibility index (Phi) is 2.84. The second-order valence-corrected chi connectivity index (χ2v) is 6.28. The summed E-state index contributed by atoms with van der Waals surface area (Å²) in [6.45, 7) is 0. The third-order valence-electron chi connectivity index (χ3n) is 4.25. The SMILES string of the molecule is Fc1ccc(F)c(C2=CSC3=N[C@@H]4CCCC[C@@H]4N23)c1. The van der Waals surface area contributed by atoms with E-state index in [1.807, 2.05) is 5.41 Å². The van der Waals surface area contributed by atoms with E-state index in [-0.39, 0.29) is 5.82 Å². The van der Waals surface area contributed by atoms with E-state index >= 15 is 0 Å². The number of hydrogen-bond donors (Lipinski definition) is 0. The van der Waals surface area contributed by atoms with Gasteiger partial charge in [-0.25, -0.2) is 8.78 Å². The molecule has 20 heavy (non-hydrogen) atoms. The second kappa shape index (κ2) is 4.58. The predicted octanol–water partition coefficient (Wildman–Crippen LogP) is 3.99. The van der Waals surface area contributed by atoms with Crippen molar-refractivity contribution >= 4 is 22.6 Å². The summed E-state index contributed by atoms with van der Waals surface area (Å²) in [6.07, 6.45) is 4.57. The Hall–Kier alpha value is -1.36. The van der Waals surface area contributed by atoms with Crippen LogP contribution in [0.15, 0.2) is 28.6 Å². The zero-order chi connectivity index (χ0) is 13.7. The fraction of sp³-hybridized carbons (Fsp3) is 0.400. The molecule has 1 aromatic rings. The molecule has 0 N–H and O–H groups in total. The molecule has 2 nitrogen and oxygen atoms in total. The third-order valence-corrected chi connectivity index (χ3v) is 5.10. The van der Waals surface area contributed by atoms with Crippen LogP contribution in [0.5, 0.6) is 0 Å². The first-order valence-electron chi connectivity index (χ1n) is 6.93. The largest absolute Gasteiger partial charge is 0.315 e. The van der Waals surface area contributed by atoms with Crippen molar-refractivity contribution in [2.45, 2.75) is 37.8 Å². The zero-order valence-corrected chi connectivity index (χ0v) is 11.7. The number of fused-ring (bicyclic) bond motifs is 3. The first kappa shape index (κ1) is 12.4. The predicted molar refractivity (Wildman–Crippen MR) is 77.2 cm³/mol. The van der Waals surface area contributed by atoms with E-state index in [1.54, 1.807) is 0 Å². The van der Waals surface area contributed by atoms with Gasteiger partial charge in [0.1, 0.15) is 11.6 Å². The van der Waals surface area contributed by atoms with Crippen LogP contribution in [0.25, 0.3) is 5.70 Å². The van der Waals surface area contributed by atoms with E-state index in [0.29, 0.717) is 17.6 Å². The Morgan fingerprint density at radius 2 is 2.05 bits per heavy atom. The van der Waals surface area contributed by atoms with Gasteiger partial charge in [0.05, 0.1) is 17.8 Å². The molecule has 0 spiro atoms. The lowest BCUT2D eigenvalue weighted by atomic mass is 9.90. The zero-order valence-electron chi connectivity index (χ0n) is 10.9. The average Bonchev–Trinajstić information content (AvgIpc) is 3.00. The van der Waals surface area contributed by atoms with Crippen molar-refractivity contribution in [3.05, 3.63) is 40.8 Å². The summed E-state index contributed by atoms with van der Waals surface area (Å²) in [6, 6.07) is 4.28. The molecule has 5 heteroatoms. The Labute approximate surface area is 120 Å². The normalized spacial score (nSPS) is 28.0. The molecule has 104 valence electrons. The van der Waals surface area contributed by atoms with Crippen LogP contribution in [-0.4, -0.2) is 22.2 Å². The standard InChI is InChI=1S/C15H14F2N2S/c16-9-5-6-11(17)10(7-9)14-8-20-15-18-12-3-1-2-4-13(12)19(14)15/h5-8,12-13H,1-4H2/t12-,13+/m1/s1. The number of halogens is 2. The number of thioether (sulfide) groups is 1. The number of hydrogen-bond acceptors (Lipinski definition) is 3. The minimum atomic E-state index is -0.405. The summed E-state index contributed by atoms with van der Waals surface area (Å²) in [7, 11) is 0. The third kappa shape index (κ3) is 1.79. The highest BCUT2D eigenvalue weighted by Crippen LogP contribution is 2.44. The van der Waals surface area contributed by atoms with Crippen LogP contribution in [0.2, 0.25) is 0 Å². The summed E-state index contributed by atoms with van der Waals surface area (Å²) >= 11 is 1.52. The molecule has 2 aliphatic heterocycles. The molecule has 2 atom stereocenters. The van der Waals surface area contributed by atoms with Crippen molar-refractivity contribution in [2.75, 3.05) is 0 Å². The van der Waals surface area contributed by atoms with E-state index in [9.17, 15) is 8.78 Å². The van der Waals surface area contributed by atoms with Gasteiger partial charge in [0, 0.05) is 11.0 Å². The Balaban J connectivity index is 1.73. The smallest absolute Gasteiger partial charge is 0.168 e.